The molecule has 0 aliphatic rings. The average molecular weight is 175 g/mol. The molecule has 1 aromatic carbocycles. The van der Waals surface area contributed by atoms with Crippen molar-refractivity contribution in [1.82, 2.24) is 4.98 Å². The summed E-state index contributed by atoms with van der Waals surface area (Å²) in [5, 5.41) is 2.09. The lowest BCUT2D eigenvalue weighted by molar-refractivity contribution is 1.11. The van der Waals surface area contributed by atoms with E-state index in [1.807, 2.05) is 11.6 Å². The van der Waals surface area contributed by atoms with E-state index in [-0.39, 0.29) is 0 Å². The molecule has 0 atom stereocenters. The molecule has 0 aliphatic heterocycles. The summed E-state index contributed by atoms with van der Waals surface area (Å²) < 4.78 is 0. The van der Waals surface area contributed by atoms with Gasteiger partial charge in [0, 0.05) is 11.8 Å². The van der Waals surface area contributed by atoms with Crippen molar-refractivity contribution in [2.45, 2.75) is 6.42 Å². The average Bonchev–Trinajstić information content (AvgIpc) is 2.59. The van der Waals surface area contributed by atoms with Gasteiger partial charge < -0.3 is 0 Å². The Hall–Kier alpha value is -1.15. The molecule has 60 valence electrons. The van der Waals surface area contributed by atoms with Crippen molar-refractivity contribution < 1.29 is 0 Å². The molecule has 0 saturated carbocycles. The van der Waals surface area contributed by atoms with Crippen LogP contribution in [0.3, 0.4) is 0 Å². The van der Waals surface area contributed by atoms with Gasteiger partial charge in [-0.25, -0.2) is 4.98 Å². The Labute approximate surface area is 75.7 Å². The summed E-state index contributed by atoms with van der Waals surface area (Å²) in [7, 11) is 0. The number of aromatic nitrogens is 1. The van der Waals surface area contributed by atoms with Crippen LogP contribution in [0.5, 0.6) is 0 Å². The van der Waals surface area contributed by atoms with Gasteiger partial charge >= 0.3 is 0 Å². The number of hydrogen-bond donors (Lipinski definition) is 0. The van der Waals surface area contributed by atoms with Crippen LogP contribution in [0.4, 0.5) is 0 Å². The maximum Gasteiger partial charge on any atom is 0.0794 e. The number of benzene rings is 1. The van der Waals surface area contributed by atoms with Gasteiger partial charge in [-0.15, -0.1) is 11.3 Å². The third-order valence-electron chi connectivity index (χ3n) is 1.71. The molecule has 1 heterocycles. The summed E-state index contributed by atoms with van der Waals surface area (Å²) in [5.41, 5.74) is 4.35. The monoisotopic (exact) mass is 175 g/mol. The molecule has 0 fully saturated rings. The Morgan fingerprint density at radius 1 is 1.17 bits per heavy atom. The van der Waals surface area contributed by atoms with Gasteiger partial charge in [0.1, 0.15) is 0 Å². The molecule has 2 aromatic rings. The molecule has 0 bridgehead atoms. The fourth-order valence-corrected chi connectivity index (χ4v) is 1.69. The molecule has 0 saturated heterocycles. The van der Waals surface area contributed by atoms with E-state index in [1.54, 1.807) is 11.3 Å². The molecule has 12 heavy (non-hydrogen) atoms. The lowest BCUT2D eigenvalue weighted by atomic mass is 10.1. The maximum absolute atomic E-state index is 4.23. The predicted octanol–water partition coefficient (Wildman–Crippen LogP) is 2.73. The lowest BCUT2D eigenvalue weighted by Crippen LogP contribution is -1.86. The fourth-order valence-electron chi connectivity index (χ4n) is 1.13. The van der Waals surface area contributed by atoms with Crippen molar-refractivity contribution in [2.75, 3.05) is 0 Å². The first-order valence-corrected chi connectivity index (χ1v) is 4.80. The number of nitrogens with zero attached hydrogens (tertiary/aromatic N) is 1. The van der Waals surface area contributed by atoms with Gasteiger partial charge in [-0.3, -0.25) is 0 Å². The van der Waals surface area contributed by atoms with Crippen molar-refractivity contribution in [3.63, 3.8) is 0 Å². The number of hydrogen-bond acceptors (Lipinski definition) is 2. The quantitative estimate of drug-likeness (QED) is 0.684. The third-order valence-corrected chi connectivity index (χ3v) is 2.35. The van der Waals surface area contributed by atoms with E-state index >= 15 is 0 Å². The molecule has 1 nitrogen and oxygen atoms in total. The van der Waals surface area contributed by atoms with Crippen molar-refractivity contribution in [3.8, 4) is 0 Å². The Kier molecular flexibility index (Phi) is 2.19. The van der Waals surface area contributed by atoms with Crippen LogP contribution < -0.4 is 0 Å². The minimum absolute atomic E-state index is 0.949. The first kappa shape index (κ1) is 7.50. The molecule has 0 aliphatic carbocycles. The molecule has 0 N–H and O–H groups in total. The van der Waals surface area contributed by atoms with E-state index in [0.717, 1.165) is 12.1 Å². The molecule has 1 aromatic heterocycles. The molecular formula is C10H9NS. The maximum atomic E-state index is 4.23. The molecule has 0 unspecified atom stereocenters. The minimum atomic E-state index is 0.949. The second kappa shape index (κ2) is 3.50. The Bertz CT molecular complexity index is 326. The van der Waals surface area contributed by atoms with Gasteiger partial charge in [-0.1, -0.05) is 30.3 Å². The highest BCUT2D eigenvalue weighted by molar-refractivity contribution is 7.07. The van der Waals surface area contributed by atoms with Gasteiger partial charge in [-0.05, 0) is 5.56 Å². The van der Waals surface area contributed by atoms with Crippen molar-refractivity contribution >= 4 is 11.3 Å². The SMILES string of the molecule is c1ccc(Cc2cscn2)cc1. The molecular weight excluding hydrogens is 166 g/mol. The van der Waals surface area contributed by atoms with Crippen molar-refractivity contribution in [1.29, 1.82) is 0 Å². The van der Waals surface area contributed by atoms with Crippen LogP contribution in [0.15, 0.2) is 41.2 Å². The van der Waals surface area contributed by atoms with Crippen LogP contribution in [0.1, 0.15) is 11.3 Å². The number of rotatable bonds is 2. The van der Waals surface area contributed by atoms with E-state index in [4.69, 9.17) is 0 Å². The van der Waals surface area contributed by atoms with Gasteiger partial charge in [0.25, 0.3) is 0 Å². The fraction of sp³-hybridized carbons (Fsp3) is 0.100. The van der Waals surface area contributed by atoms with Gasteiger partial charge in [0.05, 0.1) is 11.2 Å². The molecule has 0 amide bonds. The zero-order chi connectivity index (χ0) is 8.23. The summed E-state index contributed by atoms with van der Waals surface area (Å²) >= 11 is 1.65. The topological polar surface area (TPSA) is 12.9 Å². The predicted molar refractivity (Wildman–Crippen MR) is 51.4 cm³/mol. The zero-order valence-electron chi connectivity index (χ0n) is 6.60. The van der Waals surface area contributed by atoms with E-state index in [1.165, 1.54) is 5.56 Å². The second-order valence-electron chi connectivity index (χ2n) is 2.64. The van der Waals surface area contributed by atoms with Crippen LogP contribution in [0.2, 0.25) is 0 Å². The summed E-state index contributed by atoms with van der Waals surface area (Å²) in [6.45, 7) is 0. The Morgan fingerprint density at radius 3 is 2.67 bits per heavy atom. The standard InChI is InChI=1S/C10H9NS/c1-2-4-9(5-3-1)6-10-7-12-8-11-10/h1-5,7-8H,6H2. The number of thiazole rings is 1. The van der Waals surface area contributed by atoms with E-state index in [2.05, 4.69) is 34.6 Å². The molecule has 0 spiro atoms. The van der Waals surface area contributed by atoms with Gasteiger partial charge in [0.2, 0.25) is 0 Å². The van der Waals surface area contributed by atoms with Crippen LogP contribution >= 0.6 is 11.3 Å². The molecule has 2 rings (SSSR count). The zero-order valence-corrected chi connectivity index (χ0v) is 7.42. The summed E-state index contributed by atoms with van der Waals surface area (Å²) in [6.07, 6.45) is 0.949. The van der Waals surface area contributed by atoms with Crippen LogP contribution in [0, 0.1) is 0 Å². The highest BCUT2D eigenvalue weighted by Crippen LogP contribution is 2.08. The van der Waals surface area contributed by atoms with Crippen LogP contribution in [0.25, 0.3) is 0 Å². The Morgan fingerprint density at radius 2 is 2.00 bits per heavy atom. The lowest BCUT2D eigenvalue weighted by Gasteiger charge is -1.95. The molecule has 2 heteroatoms. The highest BCUT2D eigenvalue weighted by atomic mass is 32.1. The minimum Gasteiger partial charge on any atom is -0.249 e. The van der Waals surface area contributed by atoms with Gasteiger partial charge in [-0.2, -0.15) is 0 Å². The Balaban J connectivity index is 2.15. The van der Waals surface area contributed by atoms with Gasteiger partial charge in [0.15, 0.2) is 0 Å². The summed E-state index contributed by atoms with van der Waals surface area (Å²) in [6, 6.07) is 10.4. The van der Waals surface area contributed by atoms with Crippen molar-refractivity contribution in [2.24, 2.45) is 0 Å². The highest BCUT2D eigenvalue weighted by Gasteiger charge is 1.95. The smallest absolute Gasteiger partial charge is 0.0794 e. The normalized spacial score (nSPS) is 10.0. The third kappa shape index (κ3) is 1.71. The summed E-state index contributed by atoms with van der Waals surface area (Å²) in [4.78, 5) is 4.23. The van der Waals surface area contributed by atoms with E-state index < -0.39 is 0 Å². The van der Waals surface area contributed by atoms with Crippen LogP contribution in [-0.4, -0.2) is 4.98 Å². The first-order valence-electron chi connectivity index (χ1n) is 3.86. The van der Waals surface area contributed by atoms with Crippen LogP contribution in [-0.2, 0) is 6.42 Å². The van der Waals surface area contributed by atoms with E-state index in [0.29, 0.717) is 0 Å². The first-order chi connectivity index (χ1) is 5.95. The summed E-state index contributed by atoms with van der Waals surface area (Å²) in [5.74, 6) is 0. The largest absolute Gasteiger partial charge is 0.249 e. The second-order valence-corrected chi connectivity index (χ2v) is 3.36. The van der Waals surface area contributed by atoms with E-state index in [9.17, 15) is 0 Å². The molecule has 0 radical (unpaired) electrons. The van der Waals surface area contributed by atoms with Crippen molar-refractivity contribution in [3.05, 3.63) is 52.5 Å².